The van der Waals surface area contributed by atoms with Crippen LogP contribution in [0.5, 0.6) is 0 Å². The van der Waals surface area contributed by atoms with E-state index in [1.807, 2.05) is 0 Å². The summed E-state index contributed by atoms with van der Waals surface area (Å²) in [5.74, 6) is 0. The number of rotatable bonds is 5. The lowest BCUT2D eigenvalue weighted by molar-refractivity contribution is -0.137. The highest BCUT2D eigenvalue weighted by atomic mass is 79.9. The molecular formula is C13H16BrF3N2. The van der Waals surface area contributed by atoms with Gasteiger partial charge in [0.2, 0.25) is 0 Å². The first kappa shape index (κ1) is 14.7. The van der Waals surface area contributed by atoms with Crippen molar-refractivity contribution < 1.29 is 13.2 Å². The maximum Gasteiger partial charge on any atom is 0.416 e. The molecule has 6 heteroatoms. The molecule has 1 aliphatic carbocycles. The molecule has 0 amide bonds. The number of likely N-dealkylation sites (N-methyl/N-ethyl adjacent to an activating group) is 1. The van der Waals surface area contributed by atoms with Gasteiger partial charge in [-0.2, -0.15) is 13.2 Å². The lowest BCUT2D eigenvalue weighted by Gasteiger charge is -2.17. The standard InChI is InChI=1S/C13H16BrF3N2/c1-19(10-3-4-10)7-6-18-12-5-2-9(8-11(12)14)13(15,16)17/h2,5,8,10,18H,3-4,6-7H2,1H3. The summed E-state index contributed by atoms with van der Waals surface area (Å²) in [6, 6.07) is 4.35. The monoisotopic (exact) mass is 336 g/mol. The average Bonchev–Trinajstić information content (AvgIpc) is 3.13. The van der Waals surface area contributed by atoms with Gasteiger partial charge in [-0.05, 0) is 54.0 Å². The largest absolute Gasteiger partial charge is 0.416 e. The molecule has 1 fully saturated rings. The van der Waals surface area contributed by atoms with Crippen LogP contribution in [0.3, 0.4) is 0 Å². The maximum atomic E-state index is 12.5. The third-order valence-electron chi connectivity index (χ3n) is 3.25. The van der Waals surface area contributed by atoms with Crippen LogP contribution in [-0.2, 0) is 6.18 Å². The predicted octanol–water partition coefficient (Wildman–Crippen LogP) is 3.97. The maximum absolute atomic E-state index is 12.5. The van der Waals surface area contributed by atoms with Crippen LogP contribution >= 0.6 is 15.9 Å². The Bertz CT molecular complexity index is 444. The van der Waals surface area contributed by atoms with E-state index in [1.165, 1.54) is 18.9 Å². The molecule has 1 N–H and O–H groups in total. The summed E-state index contributed by atoms with van der Waals surface area (Å²) in [5.41, 5.74) is 0.0530. The van der Waals surface area contributed by atoms with Gasteiger partial charge in [-0.25, -0.2) is 0 Å². The fraction of sp³-hybridized carbons (Fsp3) is 0.538. The Kier molecular flexibility index (Phi) is 4.40. The molecule has 0 radical (unpaired) electrons. The summed E-state index contributed by atoms with van der Waals surface area (Å²) in [5, 5.41) is 3.15. The van der Waals surface area contributed by atoms with Gasteiger partial charge in [0.1, 0.15) is 0 Å². The molecule has 0 spiro atoms. The molecule has 2 rings (SSSR count). The van der Waals surface area contributed by atoms with Gasteiger partial charge >= 0.3 is 6.18 Å². The number of nitrogens with zero attached hydrogens (tertiary/aromatic N) is 1. The summed E-state index contributed by atoms with van der Waals surface area (Å²) in [6.45, 7) is 1.61. The Labute approximate surface area is 119 Å². The Morgan fingerprint density at radius 1 is 1.37 bits per heavy atom. The number of alkyl halides is 3. The van der Waals surface area contributed by atoms with Crippen LogP contribution in [0.1, 0.15) is 18.4 Å². The summed E-state index contributed by atoms with van der Waals surface area (Å²) >= 11 is 3.17. The predicted molar refractivity (Wildman–Crippen MR) is 73.3 cm³/mol. The van der Waals surface area contributed by atoms with E-state index < -0.39 is 11.7 Å². The highest BCUT2D eigenvalue weighted by Gasteiger charge is 2.30. The zero-order valence-corrected chi connectivity index (χ0v) is 12.2. The third kappa shape index (κ3) is 4.11. The second-order valence-corrected chi connectivity index (χ2v) is 5.69. The van der Waals surface area contributed by atoms with Crippen LogP contribution in [0.2, 0.25) is 0 Å². The number of anilines is 1. The minimum absolute atomic E-state index is 0.441. The molecule has 19 heavy (non-hydrogen) atoms. The van der Waals surface area contributed by atoms with Crippen LogP contribution in [0.4, 0.5) is 18.9 Å². The van der Waals surface area contributed by atoms with Crippen LogP contribution < -0.4 is 5.32 Å². The van der Waals surface area contributed by atoms with E-state index in [4.69, 9.17) is 0 Å². The van der Waals surface area contributed by atoms with E-state index in [1.54, 1.807) is 0 Å². The summed E-state index contributed by atoms with van der Waals surface area (Å²) < 4.78 is 38.0. The third-order valence-corrected chi connectivity index (χ3v) is 3.90. The van der Waals surface area contributed by atoms with Crippen molar-refractivity contribution in [1.29, 1.82) is 0 Å². The molecule has 1 aromatic rings. The van der Waals surface area contributed by atoms with E-state index in [-0.39, 0.29) is 0 Å². The van der Waals surface area contributed by atoms with Gasteiger partial charge in [0.05, 0.1) is 5.56 Å². The average molecular weight is 337 g/mol. The van der Waals surface area contributed by atoms with Crippen molar-refractivity contribution in [2.45, 2.75) is 25.1 Å². The second kappa shape index (κ2) is 5.71. The minimum Gasteiger partial charge on any atom is -0.383 e. The first-order valence-electron chi connectivity index (χ1n) is 6.19. The molecule has 0 atom stereocenters. The number of halogens is 4. The second-order valence-electron chi connectivity index (χ2n) is 4.83. The molecule has 106 valence electrons. The van der Waals surface area contributed by atoms with E-state index >= 15 is 0 Å². The number of nitrogens with one attached hydrogen (secondary N) is 1. The van der Waals surface area contributed by atoms with Crippen LogP contribution in [0.25, 0.3) is 0 Å². The van der Waals surface area contributed by atoms with Gasteiger partial charge in [-0.15, -0.1) is 0 Å². The molecule has 0 saturated heterocycles. The number of hydrogen-bond donors (Lipinski definition) is 1. The number of hydrogen-bond acceptors (Lipinski definition) is 2. The Morgan fingerprint density at radius 3 is 2.58 bits per heavy atom. The van der Waals surface area contributed by atoms with Crippen molar-refractivity contribution in [3.05, 3.63) is 28.2 Å². The summed E-state index contributed by atoms with van der Waals surface area (Å²) in [4.78, 5) is 2.27. The van der Waals surface area contributed by atoms with E-state index in [2.05, 4.69) is 33.2 Å². The fourth-order valence-corrected chi connectivity index (χ4v) is 2.42. The quantitative estimate of drug-likeness (QED) is 0.875. The van der Waals surface area contributed by atoms with Crippen molar-refractivity contribution in [3.63, 3.8) is 0 Å². The first-order chi connectivity index (χ1) is 8.88. The van der Waals surface area contributed by atoms with Crippen molar-refractivity contribution in [2.24, 2.45) is 0 Å². The van der Waals surface area contributed by atoms with E-state index in [9.17, 15) is 13.2 Å². The number of benzene rings is 1. The molecule has 1 saturated carbocycles. The molecule has 0 unspecified atom stereocenters. The Balaban J connectivity index is 1.89. The molecule has 0 heterocycles. The molecule has 1 aromatic carbocycles. The lowest BCUT2D eigenvalue weighted by Crippen LogP contribution is -2.27. The Morgan fingerprint density at radius 2 is 2.05 bits per heavy atom. The topological polar surface area (TPSA) is 15.3 Å². The first-order valence-corrected chi connectivity index (χ1v) is 6.98. The normalized spacial score (nSPS) is 15.9. The van der Waals surface area contributed by atoms with Crippen molar-refractivity contribution in [2.75, 3.05) is 25.5 Å². The van der Waals surface area contributed by atoms with Gasteiger partial charge in [-0.3, -0.25) is 0 Å². The van der Waals surface area contributed by atoms with E-state index in [0.29, 0.717) is 16.2 Å². The SMILES string of the molecule is CN(CCNc1ccc(C(F)(F)F)cc1Br)C1CC1. The van der Waals surface area contributed by atoms with Crippen molar-refractivity contribution >= 4 is 21.6 Å². The summed E-state index contributed by atoms with van der Waals surface area (Å²) in [7, 11) is 2.07. The molecule has 0 bridgehead atoms. The highest BCUT2D eigenvalue weighted by molar-refractivity contribution is 9.10. The van der Waals surface area contributed by atoms with Gasteiger partial charge < -0.3 is 10.2 Å². The molecule has 1 aliphatic rings. The fourth-order valence-electron chi connectivity index (χ4n) is 1.90. The highest BCUT2D eigenvalue weighted by Crippen LogP contribution is 2.33. The van der Waals surface area contributed by atoms with Crippen molar-refractivity contribution in [1.82, 2.24) is 4.90 Å². The van der Waals surface area contributed by atoms with Crippen LogP contribution in [0.15, 0.2) is 22.7 Å². The molecule has 0 aliphatic heterocycles. The van der Waals surface area contributed by atoms with Gasteiger partial charge in [0.15, 0.2) is 0 Å². The lowest BCUT2D eigenvalue weighted by atomic mass is 10.2. The van der Waals surface area contributed by atoms with Crippen LogP contribution in [0, 0.1) is 0 Å². The van der Waals surface area contributed by atoms with Gasteiger partial charge in [-0.1, -0.05) is 0 Å². The zero-order valence-electron chi connectivity index (χ0n) is 10.6. The minimum atomic E-state index is -4.30. The van der Waals surface area contributed by atoms with E-state index in [0.717, 1.165) is 25.2 Å². The molecular weight excluding hydrogens is 321 g/mol. The molecule has 0 aromatic heterocycles. The zero-order chi connectivity index (χ0) is 14.0. The smallest absolute Gasteiger partial charge is 0.383 e. The van der Waals surface area contributed by atoms with Gasteiger partial charge in [0, 0.05) is 29.3 Å². The van der Waals surface area contributed by atoms with Crippen LogP contribution in [-0.4, -0.2) is 31.1 Å². The summed E-state index contributed by atoms with van der Waals surface area (Å²) in [6.07, 6.45) is -1.80. The van der Waals surface area contributed by atoms with Crippen molar-refractivity contribution in [3.8, 4) is 0 Å². The Hall–Kier alpha value is -0.750. The van der Waals surface area contributed by atoms with Gasteiger partial charge in [0.25, 0.3) is 0 Å². The molecule has 2 nitrogen and oxygen atoms in total.